The summed E-state index contributed by atoms with van der Waals surface area (Å²) in [7, 11) is 0. The van der Waals surface area contributed by atoms with Gasteiger partial charge in [-0.15, -0.1) is 0 Å². The number of aromatic nitrogens is 2. The first-order valence-electron chi connectivity index (χ1n) is 4.86. The fraction of sp³-hybridized carbons (Fsp3) is 0.400. The molecule has 0 spiro atoms. The predicted molar refractivity (Wildman–Crippen MR) is 59.6 cm³/mol. The van der Waals surface area contributed by atoms with Crippen LogP contribution < -0.4 is 10.2 Å². The van der Waals surface area contributed by atoms with Crippen LogP contribution in [-0.2, 0) is 0 Å². The Hall–Kier alpha value is -2.34. The third kappa shape index (κ3) is 3.10. The average molecular weight is 216 g/mol. The summed E-state index contributed by atoms with van der Waals surface area (Å²) >= 11 is 0. The van der Waals surface area contributed by atoms with E-state index in [2.05, 4.69) is 15.3 Å². The van der Waals surface area contributed by atoms with Crippen LogP contribution in [-0.4, -0.2) is 29.6 Å². The van der Waals surface area contributed by atoms with Gasteiger partial charge in [0.1, 0.15) is 31.1 Å². The Morgan fingerprint density at radius 2 is 2.00 bits per heavy atom. The van der Waals surface area contributed by atoms with Gasteiger partial charge in [-0.25, -0.2) is 9.97 Å². The number of hydrogen-bond donors (Lipinski definition) is 1. The molecule has 0 radical (unpaired) electrons. The fourth-order valence-electron chi connectivity index (χ4n) is 1.19. The van der Waals surface area contributed by atoms with Crippen molar-refractivity contribution in [3.8, 4) is 12.1 Å². The minimum Gasteiger partial charge on any atom is -0.370 e. The maximum atomic E-state index is 8.64. The molecule has 0 saturated heterocycles. The van der Waals surface area contributed by atoms with Crippen LogP contribution in [0.2, 0.25) is 0 Å². The molecule has 1 aromatic rings. The summed E-state index contributed by atoms with van der Waals surface area (Å²) in [5.41, 5.74) is 0. The molecule has 0 atom stereocenters. The summed E-state index contributed by atoms with van der Waals surface area (Å²) in [5, 5.41) is 20.3. The molecule has 0 bridgehead atoms. The van der Waals surface area contributed by atoms with E-state index in [9.17, 15) is 0 Å². The number of nitriles is 2. The number of nitrogens with zero attached hydrogens (tertiary/aromatic N) is 5. The highest BCUT2D eigenvalue weighted by Gasteiger charge is 2.07. The van der Waals surface area contributed by atoms with E-state index in [1.165, 1.54) is 6.33 Å². The van der Waals surface area contributed by atoms with Crippen molar-refractivity contribution in [1.82, 2.24) is 9.97 Å². The first kappa shape index (κ1) is 11.7. The summed E-state index contributed by atoms with van der Waals surface area (Å²) in [5.74, 6) is 1.27. The van der Waals surface area contributed by atoms with Gasteiger partial charge in [0.05, 0.1) is 12.1 Å². The van der Waals surface area contributed by atoms with Gasteiger partial charge < -0.3 is 10.2 Å². The van der Waals surface area contributed by atoms with Gasteiger partial charge in [-0.2, -0.15) is 10.5 Å². The van der Waals surface area contributed by atoms with Gasteiger partial charge in [-0.05, 0) is 6.92 Å². The Labute approximate surface area is 94.2 Å². The summed E-state index contributed by atoms with van der Waals surface area (Å²) < 4.78 is 0. The molecule has 0 aliphatic rings. The average Bonchev–Trinajstić information content (AvgIpc) is 2.30. The van der Waals surface area contributed by atoms with E-state index in [-0.39, 0.29) is 13.1 Å². The largest absolute Gasteiger partial charge is 0.370 e. The van der Waals surface area contributed by atoms with Crippen LogP contribution in [0.15, 0.2) is 12.4 Å². The Bertz CT molecular complexity index is 400. The van der Waals surface area contributed by atoms with E-state index < -0.39 is 0 Å². The molecule has 1 N–H and O–H groups in total. The van der Waals surface area contributed by atoms with Crippen molar-refractivity contribution in [2.75, 3.05) is 29.9 Å². The van der Waals surface area contributed by atoms with Crippen molar-refractivity contribution >= 4 is 11.6 Å². The normalized spacial score (nSPS) is 8.94. The topological polar surface area (TPSA) is 88.6 Å². The van der Waals surface area contributed by atoms with Crippen molar-refractivity contribution in [3.63, 3.8) is 0 Å². The molecule has 0 aliphatic carbocycles. The zero-order valence-corrected chi connectivity index (χ0v) is 9.01. The van der Waals surface area contributed by atoms with Crippen LogP contribution in [0.4, 0.5) is 11.6 Å². The molecular formula is C10H12N6. The van der Waals surface area contributed by atoms with Crippen LogP contribution in [0.25, 0.3) is 0 Å². The molecule has 0 fully saturated rings. The lowest BCUT2D eigenvalue weighted by Gasteiger charge is -2.16. The highest BCUT2D eigenvalue weighted by Crippen LogP contribution is 2.12. The second-order valence-electron chi connectivity index (χ2n) is 2.96. The van der Waals surface area contributed by atoms with Crippen LogP contribution in [0.3, 0.4) is 0 Å². The van der Waals surface area contributed by atoms with Gasteiger partial charge >= 0.3 is 0 Å². The third-order valence-corrected chi connectivity index (χ3v) is 1.86. The first-order valence-corrected chi connectivity index (χ1v) is 4.86. The zero-order chi connectivity index (χ0) is 11.8. The standard InChI is InChI=1S/C10H12N6/c1-2-13-9-7-10(15-8-14-9)16(5-3-11)6-4-12/h7-8H,2,5-6H2,1H3,(H,13,14,15). The van der Waals surface area contributed by atoms with Crippen molar-refractivity contribution in [2.24, 2.45) is 0 Å². The molecule has 1 aromatic heterocycles. The van der Waals surface area contributed by atoms with Crippen LogP contribution in [0, 0.1) is 22.7 Å². The summed E-state index contributed by atoms with van der Waals surface area (Å²) in [6.07, 6.45) is 1.41. The molecule has 6 nitrogen and oxygen atoms in total. The van der Waals surface area contributed by atoms with Gasteiger partial charge in [0.15, 0.2) is 0 Å². The lowest BCUT2D eigenvalue weighted by atomic mass is 10.4. The number of rotatable bonds is 5. The molecule has 1 heterocycles. The quantitative estimate of drug-likeness (QED) is 0.731. The molecule has 82 valence electrons. The lowest BCUT2D eigenvalue weighted by molar-refractivity contribution is 0.925. The molecule has 0 unspecified atom stereocenters. The highest BCUT2D eigenvalue weighted by molar-refractivity contribution is 5.49. The maximum Gasteiger partial charge on any atom is 0.135 e. The molecule has 6 heteroatoms. The Morgan fingerprint density at radius 3 is 2.56 bits per heavy atom. The van der Waals surface area contributed by atoms with Gasteiger partial charge in [0, 0.05) is 12.6 Å². The SMILES string of the molecule is CCNc1cc(N(CC#N)CC#N)ncn1. The van der Waals surface area contributed by atoms with E-state index in [0.29, 0.717) is 11.6 Å². The van der Waals surface area contributed by atoms with E-state index in [4.69, 9.17) is 10.5 Å². The van der Waals surface area contributed by atoms with Gasteiger partial charge in [-0.1, -0.05) is 0 Å². The Kier molecular flexibility index (Phi) is 4.55. The summed E-state index contributed by atoms with van der Waals surface area (Å²) in [4.78, 5) is 9.63. The summed E-state index contributed by atoms with van der Waals surface area (Å²) in [6.45, 7) is 2.99. The maximum absolute atomic E-state index is 8.64. The molecule has 1 rings (SSSR count). The van der Waals surface area contributed by atoms with Crippen molar-refractivity contribution in [2.45, 2.75) is 6.92 Å². The van der Waals surface area contributed by atoms with Crippen LogP contribution in [0.5, 0.6) is 0 Å². The third-order valence-electron chi connectivity index (χ3n) is 1.86. The van der Waals surface area contributed by atoms with E-state index >= 15 is 0 Å². The molecule has 0 amide bonds. The number of nitrogens with one attached hydrogen (secondary N) is 1. The van der Waals surface area contributed by atoms with Crippen molar-refractivity contribution in [1.29, 1.82) is 10.5 Å². The van der Waals surface area contributed by atoms with E-state index in [0.717, 1.165) is 6.54 Å². The molecular weight excluding hydrogens is 204 g/mol. The van der Waals surface area contributed by atoms with E-state index in [1.807, 2.05) is 19.1 Å². The van der Waals surface area contributed by atoms with Crippen LogP contribution in [0.1, 0.15) is 6.92 Å². The number of hydrogen-bond acceptors (Lipinski definition) is 6. The lowest BCUT2D eigenvalue weighted by Crippen LogP contribution is -2.25. The predicted octanol–water partition coefficient (Wildman–Crippen LogP) is 0.762. The molecule has 0 saturated carbocycles. The minimum atomic E-state index is 0.135. The number of anilines is 2. The molecule has 0 aromatic carbocycles. The van der Waals surface area contributed by atoms with E-state index in [1.54, 1.807) is 11.0 Å². The highest BCUT2D eigenvalue weighted by atomic mass is 15.2. The Balaban J connectivity index is 2.87. The fourth-order valence-corrected chi connectivity index (χ4v) is 1.19. The Morgan fingerprint density at radius 1 is 1.31 bits per heavy atom. The molecule has 0 aliphatic heterocycles. The monoisotopic (exact) mass is 216 g/mol. The van der Waals surface area contributed by atoms with Gasteiger partial charge in [0.2, 0.25) is 0 Å². The second kappa shape index (κ2) is 6.20. The smallest absolute Gasteiger partial charge is 0.135 e. The van der Waals surface area contributed by atoms with Crippen molar-refractivity contribution < 1.29 is 0 Å². The molecule has 16 heavy (non-hydrogen) atoms. The zero-order valence-electron chi connectivity index (χ0n) is 9.01. The van der Waals surface area contributed by atoms with Crippen molar-refractivity contribution in [3.05, 3.63) is 12.4 Å². The minimum absolute atomic E-state index is 0.135. The van der Waals surface area contributed by atoms with Gasteiger partial charge in [0.25, 0.3) is 0 Å². The first-order chi connectivity index (χ1) is 7.81. The summed E-state index contributed by atoms with van der Waals surface area (Å²) in [6, 6.07) is 5.71. The second-order valence-corrected chi connectivity index (χ2v) is 2.96. The van der Waals surface area contributed by atoms with Crippen LogP contribution >= 0.6 is 0 Å². The van der Waals surface area contributed by atoms with Gasteiger partial charge in [-0.3, -0.25) is 0 Å².